The van der Waals surface area contributed by atoms with Gasteiger partial charge in [0.25, 0.3) is 0 Å². The Balaban J connectivity index is 2.81. The summed E-state index contributed by atoms with van der Waals surface area (Å²) in [5.41, 5.74) is 6.72. The second-order valence-corrected chi connectivity index (χ2v) is 2.83. The van der Waals surface area contributed by atoms with Crippen molar-refractivity contribution in [3.63, 3.8) is 0 Å². The summed E-state index contributed by atoms with van der Waals surface area (Å²) in [5, 5.41) is 0. The fraction of sp³-hybridized carbons (Fsp3) is 0.444. The van der Waals surface area contributed by atoms with Gasteiger partial charge < -0.3 is 5.73 Å². The van der Waals surface area contributed by atoms with Crippen molar-refractivity contribution in [1.29, 1.82) is 0 Å². The van der Waals surface area contributed by atoms with E-state index in [9.17, 15) is 0 Å². The van der Waals surface area contributed by atoms with E-state index in [0.29, 0.717) is 11.7 Å². The minimum Gasteiger partial charge on any atom is -0.384 e. The molecule has 0 saturated heterocycles. The molecule has 0 aliphatic rings. The first-order valence-corrected chi connectivity index (χ1v) is 3.95. The molecule has 2 nitrogen and oxygen atoms in total. The quantitative estimate of drug-likeness (QED) is 0.701. The van der Waals surface area contributed by atoms with Gasteiger partial charge in [0.15, 0.2) is 0 Å². The number of nitrogens with zero attached hydrogens (tertiary/aromatic N) is 1. The van der Waals surface area contributed by atoms with Crippen molar-refractivity contribution in [2.24, 2.45) is 0 Å². The summed E-state index contributed by atoms with van der Waals surface area (Å²) >= 11 is 0. The molecule has 0 unspecified atom stereocenters. The molecule has 0 bridgehead atoms. The number of rotatable bonds is 2. The second-order valence-electron chi connectivity index (χ2n) is 2.83. The van der Waals surface area contributed by atoms with Gasteiger partial charge in [0.05, 0.1) is 0 Å². The predicted octanol–water partition coefficient (Wildman–Crippen LogP) is 2.18. The first kappa shape index (κ1) is 8.05. The topological polar surface area (TPSA) is 38.9 Å². The van der Waals surface area contributed by atoms with Crippen LogP contribution in [-0.2, 0) is 0 Å². The average molecular weight is 150 g/mol. The van der Waals surface area contributed by atoms with Crippen LogP contribution < -0.4 is 5.73 Å². The van der Waals surface area contributed by atoms with Gasteiger partial charge in [-0.25, -0.2) is 4.98 Å². The molecule has 2 heteroatoms. The van der Waals surface area contributed by atoms with Gasteiger partial charge in [0, 0.05) is 6.20 Å². The normalized spacial score (nSPS) is 12.9. The number of nitrogen functional groups attached to an aromatic ring is 1. The van der Waals surface area contributed by atoms with Crippen molar-refractivity contribution in [1.82, 2.24) is 4.98 Å². The van der Waals surface area contributed by atoms with E-state index in [1.807, 2.05) is 18.3 Å². The minimum absolute atomic E-state index is 0.586. The molecular weight excluding hydrogens is 136 g/mol. The van der Waals surface area contributed by atoms with Gasteiger partial charge in [-0.05, 0) is 24.0 Å². The first-order chi connectivity index (χ1) is 5.24. The van der Waals surface area contributed by atoms with Crippen molar-refractivity contribution >= 4 is 5.82 Å². The molecule has 0 spiro atoms. The molecule has 0 aromatic carbocycles. The zero-order valence-corrected chi connectivity index (χ0v) is 7.04. The van der Waals surface area contributed by atoms with Crippen molar-refractivity contribution in [3.05, 3.63) is 23.9 Å². The summed E-state index contributed by atoms with van der Waals surface area (Å²) in [4.78, 5) is 4.03. The van der Waals surface area contributed by atoms with Crippen LogP contribution in [0.5, 0.6) is 0 Å². The van der Waals surface area contributed by atoms with Gasteiger partial charge in [-0.1, -0.05) is 19.9 Å². The Bertz CT molecular complexity index is 216. The van der Waals surface area contributed by atoms with Crippen LogP contribution in [0.25, 0.3) is 0 Å². The van der Waals surface area contributed by atoms with Crippen LogP contribution >= 0.6 is 0 Å². The highest BCUT2D eigenvalue weighted by Crippen LogP contribution is 2.17. The molecule has 1 rings (SSSR count). The molecule has 11 heavy (non-hydrogen) atoms. The van der Waals surface area contributed by atoms with Crippen molar-refractivity contribution in [3.8, 4) is 0 Å². The Kier molecular flexibility index (Phi) is 2.47. The average Bonchev–Trinajstić information content (AvgIpc) is 2.05. The van der Waals surface area contributed by atoms with E-state index >= 15 is 0 Å². The Morgan fingerprint density at radius 1 is 1.55 bits per heavy atom. The lowest BCUT2D eigenvalue weighted by Crippen LogP contribution is -1.94. The number of anilines is 1. The maximum absolute atomic E-state index is 5.46. The maximum Gasteiger partial charge on any atom is 0.123 e. The molecule has 0 amide bonds. The lowest BCUT2D eigenvalue weighted by molar-refractivity contribution is 0.730. The highest BCUT2D eigenvalue weighted by Gasteiger charge is 2.01. The molecule has 0 aliphatic heterocycles. The van der Waals surface area contributed by atoms with Crippen LogP contribution in [0.3, 0.4) is 0 Å². The van der Waals surface area contributed by atoms with Crippen LogP contribution in [-0.4, -0.2) is 4.98 Å². The third kappa shape index (κ3) is 1.93. The molecule has 0 radical (unpaired) electrons. The van der Waals surface area contributed by atoms with Gasteiger partial charge in [0.1, 0.15) is 5.82 Å². The second kappa shape index (κ2) is 3.37. The highest BCUT2D eigenvalue weighted by molar-refractivity contribution is 5.30. The first-order valence-electron chi connectivity index (χ1n) is 3.95. The molecule has 0 aliphatic carbocycles. The van der Waals surface area contributed by atoms with Crippen LogP contribution in [0, 0.1) is 0 Å². The van der Waals surface area contributed by atoms with E-state index in [-0.39, 0.29) is 0 Å². The molecule has 1 aromatic rings. The van der Waals surface area contributed by atoms with Crippen molar-refractivity contribution in [2.45, 2.75) is 26.2 Å². The Morgan fingerprint density at radius 2 is 2.27 bits per heavy atom. The number of hydrogen-bond acceptors (Lipinski definition) is 2. The highest BCUT2D eigenvalue weighted by atomic mass is 14.8. The summed E-state index contributed by atoms with van der Waals surface area (Å²) in [6, 6.07) is 3.89. The molecule has 60 valence electrons. The largest absolute Gasteiger partial charge is 0.384 e. The van der Waals surface area contributed by atoms with Crippen LogP contribution in [0.2, 0.25) is 0 Å². The number of hydrogen-bond donors (Lipinski definition) is 1. The summed E-state index contributed by atoms with van der Waals surface area (Å²) in [5.74, 6) is 1.18. The molecular formula is C9H14N2. The molecule has 1 atom stereocenters. The summed E-state index contributed by atoms with van der Waals surface area (Å²) < 4.78 is 0. The van der Waals surface area contributed by atoms with Crippen LogP contribution in [0.4, 0.5) is 5.82 Å². The maximum atomic E-state index is 5.46. The van der Waals surface area contributed by atoms with E-state index < -0.39 is 0 Å². The van der Waals surface area contributed by atoms with E-state index in [1.165, 1.54) is 5.56 Å². The van der Waals surface area contributed by atoms with E-state index in [2.05, 4.69) is 18.8 Å². The monoisotopic (exact) mass is 150 g/mol. The smallest absolute Gasteiger partial charge is 0.123 e. The van der Waals surface area contributed by atoms with E-state index in [0.717, 1.165) is 6.42 Å². The third-order valence-corrected chi connectivity index (χ3v) is 1.99. The molecule has 1 heterocycles. The zero-order chi connectivity index (χ0) is 8.27. The van der Waals surface area contributed by atoms with Crippen LogP contribution in [0.1, 0.15) is 31.7 Å². The van der Waals surface area contributed by atoms with E-state index in [4.69, 9.17) is 5.73 Å². The SMILES string of the molecule is CC[C@@H](C)c1ccc(N)nc1. The molecule has 0 fully saturated rings. The van der Waals surface area contributed by atoms with Gasteiger partial charge in [-0.3, -0.25) is 0 Å². The number of aromatic nitrogens is 1. The lowest BCUT2D eigenvalue weighted by Gasteiger charge is -2.07. The Hall–Kier alpha value is -1.05. The van der Waals surface area contributed by atoms with Gasteiger partial charge in [-0.2, -0.15) is 0 Å². The summed E-state index contributed by atoms with van der Waals surface area (Å²) in [6.07, 6.45) is 3.00. The Labute approximate surface area is 67.5 Å². The number of nitrogens with two attached hydrogens (primary N) is 1. The van der Waals surface area contributed by atoms with Gasteiger partial charge >= 0.3 is 0 Å². The Morgan fingerprint density at radius 3 is 2.73 bits per heavy atom. The predicted molar refractivity (Wildman–Crippen MR) is 47.4 cm³/mol. The third-order valence-electron chi connectivity index (χ3n) is 1.99. The van der Waals surface area contributed by atoms with Gasteiger partial charge in [0.2, 0.25) is 0 Å². The summed E-state index contributed by atoms with van der Waals surface area (Å²) in [7, 11) is 0. The minimum atomic E-state index is 0.586. The van der Waals surface area contributed by atoms with E-state index in [1.54, 1.807) is 0 Å². The van der Waals surface area contributed by atoms with Crippen molar-refractivity contribution < 1.29 is 0 Å². The fourth-order valence-electron chi connectivity index (χ4n) is 0.944. The number of pyridine rings is 1. The lowest BCUT2D eigenvalue weighted by atomic mass is 10.0. The summed E-state index contributed by atoms with van der Waals surface area (Å²) in [6.45, 7) is 4.36. The van der Waals surface area contributed by atoms with Crippen molar-refractivity contribution in [2.75, 3.05) is 5.73 Å². The zero-order valence-electron chi connectivity index (χ0n) is 7.04. The molecule has 2 N–H and O–H groups in total. The standard InChI is InChI=1S/C9H14N2/c1-3-7(2)8-4-5-9(10)11-6-8/h4-7H,3H2,1-2H3,(H2,10,11)/t7-/m1/s1. The fourth-order valence-corrected chi connectivity index (χ4v) is 0.944. The molecule has 0 saturated carbocycles. The molecule has 1 aromatic heterocycles. The van der Waals surface area contributed by atoms with Crippen LogP contribution in [0.15, 0.2) is 18.3 Å². The van der Waals surface area contributed by atoms with Gasteiger partial charge in [-0.15, -0.1) is 0 Å².